The van der Waals surface area contributed by atoms with E-state index >= 15 is 0 Å². The van der Waals surface area contributed by atoms with Gasteiger partial charge in [0.1, 0.15) is 5.82 Å². The van der Waals surface area contributed by atoms with Gasteiger partial charge in [0, 0.05) is 37.4 Å². The molecular weight excluding hydrogens is 312 g/mol. The molecule has 6 nitrogen and oxygen atoms in total. The standard InChI is InChI=1S/C19H30N6/c1-13(2)24-10-7-16(8-11-24)22-19-20-9-6-17(23-19)18-12-21-15(5)25(18)14(3)4/h6,9,12-14,16H,7-8,10-11H2,1-5H3,(H,20,22,23). The molecule has 1 N–H and O–H groups in total. The van der Waals surface area contributed by atoms with Crippen molar-refractivity contribution >= 4 is 5.95 Å². The minimum atomic E-state index is 0.351. The minimum Gasteiger partial charge on any atom is -0.351 e. The van der Waals surface area contributed by atoms with Crippen LogP contribution in [0.25, 0.3) is 11.4 Å². The molecule has 2 aromatic rings. The number of aromatic nitrogens is 4. The SMILES string of the molecule is Cc1ncc(-c2ccnc(NC3CCN(C(C)C)CC3)n2)n1C(C)C. The average Bonchev–Trinajstić information content (AvgIpc) is 2.97. The number of nitrogens with one attached hydrogen (secondary N) is 1. The summed E-state index contributed by atoms with van der Waals surface area (Å²) in [4.78, 5) is 16.2. The van der Waals surface area contributed by atoms with Crippen LogP contribution in [0.3, 0.4) is 0 Å². The highest BCUT2D eigenvalue weighted by molar-refractivity contribution is 5.56. The van der Waals surface area contributed by atoms with Crippen LogP contribution in [0.4, 0.5) is 5.95 Å². The molecule has 2 aromatic heterocycles. The van der Waals surface area contributed by atoms with Crippen LogP contribution < -0.4 is 5.32 Å². The topological polar surface area (TPSA) is 58.9 Å². The molecule has 3 rings (SSSR count). The number of imidazole rings is 1. The summed E-state index contributed by atoms with van der Waals surface area (Å²) in [5.74, 6) is 1.73. The van der Waals surface area contributed by atoms with E-state index in [4.69, 9.17) is 4.98 Å². The van der Waals surface area contributed by atoms with Crippen molar-refractivity contribution in [3.05, 3.63) is 24.3 Å². The largest absolute Gasteiger partial charge is 0.351 e. The molecule has 0 saturated carbocycles. The lowest BCUT2D eigenvalue weighted by atomic mass is 10.0. The van der Waals surface area contributed by atoms with Crippen LogP contribution in [0.5, 0.6) is 0 Å². The first kappa shape index (κ1) is 17.9. The Morgan fingerprint density at radius 2 is 1.80 bits per heavy atom. The maximum Gasteiger partial charge on any atom is 0.223 e. The van der Waals surface area contributed by atoms with Crippen LogP contribution in [-0.2, 0) is 0 Å². The Morgan fingerprint density at radius 1 is 1.08 bits per heavy atom. The molecule has 6 heteroatoms. The Balaban J connectivity index is 1.73. The molecule has 0 unspecified atom stereocenters. The van der Waals surface area contributed by atoms with Gasteiger partial charge in [-0.2, -0.15) is 0 Å². The van der Waals surface area contributed by atoms with E-state index in [1.807, 2.05) is 25.4 Å². The fraction of sp³-hybridized carbons (Fsp3) is 0.632. The summed E-state index contributed by atoms with van der Waals surface area (Å²) in [6.45, 7) is 13.2. The van der Waals surface area contributed by atoms with Crippen molar-refractivity contribution in [3.63, 3.8) is 0 Å². The quantitative estimate of drug-likeness (QED) is 0.901. The third kappa shape index (κ3) is 4.00. The lowest BCUT2D eigenvalue weighted by Gasteiger charge is -2.34. The first-order valence-corrected chi connectivity index (χ1v) is 9.33. The van der Waals surface area contributed by atoms with Crippen LogP contribution in [0.2, 0.25) is 0 Å². The van der Waals surface area contributed by atoms with Gasteiger partial charge in [0.2, 0.25) is 5.95 Å². The summed E-state index contributed by atoms with van der Waals surface area (Å²) < 4.78 is 2.22. The van der Waals surface area contributed by atoms with E-state index in [1.54, 1.807) is 0 Å². The lowest BCUT2D eigenvalue weighted by molar-refractivity contribution is 0.177. The van der Waals surface area contributed by atoms with E-state index in [-0.39, 0.29) is 0 Å². The molecule has 3 heterocycles. The van der Waals surface area contributed by atoms with Crippen molar-refractivity contribution in [2.45, 2.75) is 65.6 Å². The normalized spacial score (nSPS) is 16.8. The number of hydrogen-bond acceptors (Lipinski definition) is 5. The third-order valence-corrected chi connectivity index (χ3v) is 5.01. The minimum absolute atomic E-state index is 0.351. The molecule has 0 aliphatic carbocycles. The monoisotopic (exact) mass is 342 g/mol. The number of hydrogen-bond donors (Lipinski definition) is 1. The predicted octanol–water partition coefficient (Wildman–Crippen LogP) is 3.51. The molecule has 0 bridgehead atoms. The van der Waals surface area contributed by atoms with Crippen molar-refractivity contribution in [3.8, 4) is 11.4 Å². The van der Waals surface area contributed by atoms with E-state index in [0.717, 1.165) is 49.1 Å². The van der Waals surface area contributed by atoms with Gasteiger partial charge in [-0.1, -0.05) is 0 Å². The fourth-order valence-electron chi connectivity index (χ4n) is 3.61. The zero-order valence-corrected chi connectivity index (χ0v) is 16.0. The molecule has 1 saturated heterocycles. The Bertz CT molecular complexity index is 698. The van der Waals surface area contributed by atoms with Crippen molar-refractivity contribution < 1.29 is 0 Å². The second kappa shape index (κ2) is 7.52. The zero-order chi connectivity index (χ0) is 18.0. The van der Waals surface area contributed by atoms with Gasteiger partial charge in [0.05, 0.1) is 17.6 Å². The molecule has 25 heavy (non-hydrogen) atoms. The van der Waals surface area contributed by atoms with Gasteiger partial charge in [0.15, 0.2) is 0 Å². The molecule has 0 amide bonds. The highest BCUT2D eigenvalue weighted by Crippen LogP contribution is 2.24. The molecule has 0 spiro atoms. The first-order chi connectivity index (χ1) is 12.0. The second-order valence-corrected chi connectivity index (χ2v) is 7.47. The van der Waals surface area contributed by atoms with Gasteiger partial charge < -0.3 is 14.8 Å². The molecule has 0 aromatic carbocycles. The summed E-state index contributed by atoms with van der Waals surface area (Å²) in [6.07, 6.45) is 6.01. The van der Waals surface area contributed by atoms with Gasteiger partial charge in [-0.05, 0) is 53.5 Å². The number of rotatable bonds is 5. The molecule has 1 aliphatic rings. The molecular formula is C19H30N6. The molecule has 1 aliphatic heterocycles. The van der Waals surface area contributed by atoms with Crippen LogP contribution in [-0.4, -0.2) is 49.6 Å². The van der Waals surface area contributed by atoms with Gasteiger partial charge >= 0.3 is 0 Å². The summed E-state index contributed by atoms with van der Waals surface area (Å²) in [7, 11) is 0. The van der Waals surface area contributed by atoms with Crippen LogP contribution in [0.15, 0.2) is 18.5 Å². The Morgan fingerprint density at radius 3 is 2.44 bits per heavy atom. The number of nitrogens with zero attached hydrogens (tertiary/aromatic N) is 5. The van der Waals surface area contributed by atoms with Crippen LogP contribution >= 0.6 is 0 Å². The summed E-state index contributed by atoms with van der Waals surface area (Å²) in [6, 6.07) is 3.38. The highest BCUT2D eigenvalue weighted by atomic mass is 15.2. The summed E-state index contributed by atoms with van der Waals surface area (Å²) >= 11 is 0. The molecule has 136 valence electrons. The molecule has 1 fully saturated rings. The van der Waals surface area contributed by atoms with Crippen molar-refractivity contribution in [2.75, 3.05) is 18.4 Å². The number of anilines is 1. The smallest absolute Gasteiger partial charge is 0.223 e. The van der Waals surface area contributed by atoms with E-state index in [1.165, 1.54) is 0 Å². The summed E-state index contributed by atoms with van der Waals surface area (Å²) in [5, 5.41) is 3.53. The van der Waals surface area contributed by atoms with E-state index in [9.17, 15) is 0 Å². The lowest BCUT2D eigenvalue weighted by Crippen LogP contribution is -2.42. The average molecular weight is 342 g/mol. The van der Waals surface area contributed by atoms with Gasteiger partial charge in [-0.3, -0.25) is 0 Å². The number of aryl methyl sites for hydroxylation is 1. The van der Waals surface area contributed by atoms with Crippen molar-refractivity contribution in [1.82, 2.24) is 24.4 Å². The molecule has 0 atom stereocenters. The molecule has 0 radical (unpaired) electrons. The Labute approximate surface area is 150 Å². The number of likely N-dealkylation sites (tertiary alicyclic amines) is 1. The highest BCUT2D eigenvalue weighted by Gasteiger charge is 2.21. The summed E-state index contributed by atoms with van der Waals surface area (Å²) in [5.41, 5.74) is 1.97. The van der Waals surface area contributed by atoms with E-state index < -0.39 is 0 Å². The van der Waals surface area contributed by atoms with E-state index in [2.05, 4.69) is 52.4 Å². The van der Waals surface area contributed by atoms with Crippen molar-refractivity contribution in [1.29, 1.82) is 0 Å². The van der Waals surface area contributed by atoms with Gasteiger partial charge in [-0.25, -0.2) is 15.0 Å². The maximum absolute atomic E-state index is 4.75. The zero-order valence-electron chi connectivity index (χ0n) is 16.0. The second-order valence-electron chi connectivity index (χ2n) is 7.47. The van der Waals surface area contributed by atoms with Gasteiger partial charge in [-0.15, -0.1) is 0 Å². The van der Waals surface area contributed by atoms with E-state index in [0.29, 0.717) is 18.1 Å². The Kier molecular flexibility index (Phi) is 5.37. The Hall–Kier alpha value is -1.95. The van der Waals surface area contributed by atoms with Crippen LogP contribution in [0.1, 0.15) is 52.4 Å². The van der Waals surface area contributed by atoms with Crippen molar-refractivity contribution in [2.24, 2.45) is 0 Å². The number of piperidine rings is 1. The third-order valence-electron chi connectivity index (χ3n) is 5.01. The first-order valence-electron chi connectivity index (χ1n) is 9.33. The fourth-order valence-corrected chi connectivity index (χ4v) is 3.61. The maximum atomic E-state index is 4.75. The van der Waals surface area contributed by atoms with Gasteiger partial charge in [0.25, 0.3) is 0 Å². The predicted molar refractivity (Wildman–Crippen MR) is 102 cm³/mol. The van der Waals surface area contributed by atoms with Crippen LogP contribution in [0, 0.1) is 6.92 Å².